The summed E-state index contributed by atoms with van der Waals surface area (Å²) in [6, 6.07) is 16.6. The normalized spacial score (nSPS) is 11.9. The molecule has 2 heteroatoms. The van der Waals surface area contributed by atoms with E-state index in [4.69, 9.17) is 9.47 Å². The van der Waals surface area contributed by atoms with Crippen molar-refractivity contribution < 1.29 is 9.47 Å². The summed E-state index contributed by atoms with van der Waals surface area (Å²) in [6.45, 7) is 16.2. The highest BCUT2D eigenvalue weighted by Crippen LogP contribution is 2.33. The average Bonchev–Trinajstić information content (AvgIpc) is 2.46. The molecule has 24 heavy (non-hydrogen) atoms. The molecular weight excluding hydrogens is 296 g/mol. The van der Waals surface area contributed by atoms with Crippen LogP contribution in [0.3, 0.4) is 0 Å². The van der Waals surface area contributed by atoms with Crippen LogP contribution in [0.2, 0.25) is 0 Å². The molecule has 0 aliphatic carbocycles. The van der Waals surface area contributed by atoms with Gasteiger partial charge in [-0.05, 0) is 63.1 Å². The summed E-state index contributed by atoms with van der Waals surface area (Å²) in [5, 5.41) is 0. The molecule has 2 aromatic carbocycles. The minimum Gasteiger partial charge on any atom is -0.488 e. The van der Waals surface area contributed by atoms with Crippen molar-refractivity contribution in [1.29, 1.82) is 0 Å². The summed E-state index contributed by atoms with van der Waals surface area (Å²) >= 11 is 0. The lowest BCUT2D eigenvalue weighted by molar-refractivity contribution is 0.131. The second kappa shape index (κ2) is 6.72. The van der Waals surface area contributed by atoms with Crippen LogP contribution < -0.4 is 9.47 Å². The molecule has 0 heterocycles. The zero-order valence-corrected chi connectivity index (χ0v) is 15.6. The van der Waals surface area contributed by atoms with E-state index in [2.05, 4.69) is 65.5 Å². The van der Waals surface area contributed by atoms with E-state index < -0.39 is 0 Å². The van der Waals surface area contributed by atoms with Gasteiger partial charge in [-0.15, -0.1) is 0 Å². The van der Waals surface area contributed by atoms with Gasteiger partial charge >= 0.3 is 0 Å². The van der Waals surface area contributed by atoms with Crippen molar-refractivity contribution in [2.24, 2.45) is 0 Å². The number of hydrogen-bond acceptors (Lipinski definition) is 2. The molecule has 0 radical (unpaired) electrons. The van der Waals surface area contributed by atoms with Crippen LogP contribution in [0.15, 0.2) is 60.9 Å². The Bertz CT molecular complexity index is 686. The average molecular weight is 324 g/mol. The Hall–Kier alpha value is -2.22. The molecule has 0 bridgehead atoms. The highest BCUT2D eigenvalue weighted by molar-refractivity contribution is 5.42. The topological polar surface area (TPSA) is 18.5 Å². The van der Waals surface area contributed by atoms with Crippen molar-refractivity contribution in [3.05, 3.63) is 72.0 Å². The molecule has 0 atom stereocenters. The first kappa shape index (κ1) is 18.1. The van der Waals surface area contributed by atoms with Crippen LogP contribution in [0.4, 0.5) is 0 Å². The molecule has 2 aromatic rings. The third-order valence-electron chi connectivity index (χ3n) is 3.87. The maximum Gasteiger partial charge on any atom is 0.126 e. The fraction of sp³-hybridized carbons (Fsp3) is 0.364. The molecule has 0 aliphatic rings. The summed E-state index contributed by atoms with van der Waals surface area (Å²) in [5.41, 5.74) is 2.21. The molecule has 128 valence electrons. The molecule has 0 unspecified atom stereocenters. The van der Waals surface area contributed by atoms with Gasteiger partial charge < -0.3 is 9.47 Å². The Morgan fingerprint density at radius 1 is 0.750 bits per heavy atom. The molecule has 0 spiro atoms. The van der Waals surface area contributed by atoms with Gasteiger partial charge in [0.05, 0.1) is 5.76 Å². The third-order valence-corrected chi connectivity index (χ3v) is 3.87. The minimum atomic E-state index is -0.184. The number of ether oxygens (including phenoxy) is 2. The lowest BCUT2D eigenvalue weighted by Crippen LogP contribution is -2.23. The van der Waals surface area contributed by atoms with E-state index in [-0.39, 0.29) is 11.0 Å². The second-order valence-electron chi connectivity index (χ2n) is 7.69. The van der Waals surface area contributed by atoms with Crippen LogP contribution in [0.5, 0.6) is 11.5 Å². The fourth-order valence-corrected chi connectivity index (χ4v) is 2.60. The van der Waals surface area contributed by atoms with Crippen LogP contribution >= 0.6 is 0 Å². The van der Waals surface area contributed by atoms with Gasteiger partial charge in [-0.3, -0.25) is 0 Å². The Balaban J connectivity index is 2.21. The van der Waals surface area contributed by atoms with Crippen molar-refractivity contribution in [3.63, 3.8) is 0 Å². The van der Waals surface area contributed by atoms with E-state index in [9.17, 15) is 0 Å². The highest BCUT2D eigenvalue weighted by atomic mass is 16.5. The summed E-state index contributed by atoms with van der Waals surface area (Å²) in [7, 11) is 0. The van der Waals surface area contributed by atoms with Crippen LogP contribution in [-0.2, 0) is 5.41 Å². The SMILES string of the molecule is C=C(C)Oc1ccc(C(C)(C)c2ccc(OC(C)(C)C)cc2)cc1. The molecule has 0 fully saturated rings. The first-order valence-corrected chi connectivity index (χ1v) is 8.31. The molecule has 2 nitrogen and oxygen atoms in total. The fourth-order valence-electron chi connectivity index (χ4n) is 2.60. The second-order valence-corrected chi connectivity index (χ2v) is 7.69. The molecule has 0 saturated carbocycles. The molecule has 0 aliphatic heterocycles. The van der Waals surface area contributed by atoms with Crippen LogP contribution in [-0.4, -0.2) is 5.60 Å². The van der Waals surface area contributed by atoms with Gasteiger partial charge in [0.15, 0.2) is 0 Å². The largest absolute Gasteiger partial charge is 0.488 e. The Morgan fingerprint density at radius 3 is 1.54 bits per heavy atom. The van der Waals surface area contributed by atoms with Gasteiger partial charge in [0.2, 0.25) is 0 Å². The van der Waals surface area contributed by atoms with E-state index in [1.807, 2.05) is 31.2 Å². The smallest absolute Gasteiger partial charge is 0.126 e. The van der Waals surface area contributed by atoms with Gasteiger partial charge in [-0.2, -0.15) is 0 Å². The Kier molecular flexibility index (Phi) is 5.08. The monoisotopic (exact) mass is 324 g/mol. The predicted octanol–water partition coefficient (Wildman–Crippen LogP) is 6.10. The van der Waals surface area contributed by atoms with E-state index in [0.29, 0.717) is 5.76 Å². The minimum absolute atomic E-state index is 0.0952. The summed E-state index contributed by atoms with van der Waals surface area (Å²) in [6.07, 6.45) is 0. The quantitative estimate of drug-likeness (QED) is 0.618. The zero-order chi connectivity index (χ0) is 18.0. The van der Waals surface area contributed by atoms with Gasteiger partial charge in [0.1, 0.15) is 17.1 Å². The maximum atomic E-state index is 5.90. The van der Waals surface area contributed by atoms with Crippen molar-refractivity contribution in [1.82, 2.24) is 0 Å². The van der Waals surface area contributed by atoms with Crippen molar-refractivity contribution >= 4 is 0 Å². The number of benzene rings is 2. The molecule has 0 N–H and O–H groups in total. The number of hydrogen-bond donors (Lipinski definition) is 0. The maximum absolute atomic E-state index is 5.90. The van der Waals surface area contributed by atoms with E-state index in [1.54, 1.807) is 0 Å². The van der Waals surface area contributed by atoms with Crippen LogP contribution in [0.1, 0.15) is 52.7 Å². The highest BCUT2D eigenvalue weighted by Gasteiger charge is 2.23. The number of rotatable bonds is 5. The molecule has 2 rings (SSSR count). The first-order chi connectivity index (χ1) is 11.1. The van der Waals surface area contributed by atoms with E-state index >= 15 is 0 Å². The lowest BCUT2D eigenvalue weighted by Gasteiger charge is -2.27. The summed E-state index contributed by atoms with van der Waals surface area (Å²) in [5.74, 6) is 2.40. The molecule has 0 amide bonds. The van der Waals surface area contributed by atoms with Crippen molar-refractivity contribution in [2.75, 3.05) is 0 Å². The van der Waals surface area contributed by atoms with E-state index in [1.165, 1.54) is 11.1 Å². The van der Waals surface area contributed by atoms with Crippen LogP contribution in [0, 0.1) is 0 Å². The Labute approximate surface area is 146 Å². The summed E-state index contributed by atoms with van der Waals surface area (Å²) in [4.78, 5) is 0. The summed E-state index contributed by atoms with van der Waals surface area (Å²) < 4.78 is 11.4. The predicted molar refractivity (Wildman–Crippen MR) is 101 cm³/mol. The van der Waals surface area contributed by atoms with Crippen molar-refractivity contribution in [3.8, 4) is 11.5 Å². The van der Waals surface area contributed by atoms with Gasteiger partial charge in [0.25, 0.3) is 0 Å². The van der Waals surface area contributed by atoms with Crippen LogP contribution in [0.25, 0.3) is 0 Å². The molecular formula is C22H28O2. The van der Waals surface area contributed by atoms with E-state index in [0.717, 1.165) is 11.5 Å². The van der Waals surface area contributed by atoms with Gasteiger partial charge in [-0.25, -0.2) is 0 Å². The van der Waals surface area contributed by atoms with Gasteiger partial charge in [0, 0.05) is 5.41 Å². The third kappa shape index (κ3) is 4.64. The Morgan fingerprint density at radius 2 is 1.17 bits per heavy atom. The standard InChI is InChI=1S/C22H28O2/c1-16(2)23-19-12-8-17(9-13-19)22(6,7)18-10-14-20(15-11-18)24-21(3,4)5/h8-15H,1H2,2-7H3. The van der Waals surface area contributed by atoms with Crippen molar-refractivity contribution in [2.45, 2.75) is 52.6 Å². The first-order valence-electron chi connectivity index (χ1n) is 8.31. The molecule has 0 aromatic heterocycles. The number of allylic oxidation sites excluding steroid dienone is 1. The molecule has 0 saturated heterocycles. The van der Waals surface area contributed by atoms with Gasteiger partial charge in [-0.1, -0.05) is 44.7 Å². The lowest BCUT2D eigenvalue weighted by atomic mass is 9.78. The zero-order valence-electron chi connectivity index (χ0n) is 15.6.